The number of fused-ring (bicyclic) bond motifs is 6. The zero-order chi connectivity index (χ0) is 33.0. The third-order valence-corrected chi connectivity index (χ3v) is 10.6. The summed E-state index contributed by atoms with van der Waals surface area (Å²) in [4.78, 5) is 15.4. The second-order valence-corrected chi connectivity index (χ2v) is 13.5. The average molecular weight is 657 g/mol. The Hall–Kier alpha value is -6.43. The van der Waals surface area contributed by atoms with Crippen molar-refractivity contribution >= 4 is 53.3 Å². The molecule has 10 rings (SSSR count). The Balaban J connectivity index is 1.23. The highest BCUT2D eigenvalue weighted by Crippen LogP contribution is 2.39. The maximum absolute atomic E-state index is 5.19. The van der Waals surface area contributed by atoms with E-state index in [1.165, 1.54) is 30.9 Å². The molecular formula is C45H28N4S. The van der Waals surface area contributed by atoms with Crippen LogP contribution in [0.3, 0.4) is 0 Å². The van der Waals surface area contributed by atoms with Gasteiger partial charge in [0.15, 0.2) is 17.5 Å². The van der Waals surface area contributed by atoms with E-state index < -0.39 is 0 Å². The van der Waals surface area contributed by atoms with Gasteiger partial charge >= 0.3 is 0 Å². The fraction of sp³-hybridized carbons (Fsp3) is 0. The van der Waals surface area contributed by atoms with E-state index in [9.17, 15) is 0 Å². The smallest absolute Gasteiger partial charge is 0.164 e. The van der Waals surface area contributed by atoms with E-state index in [0.717, 1.165) is 44.5 Å². The normalized spacial score (nSPS) is 11.6. The number of benzene rings is 7. The van der Waals surface area contributed by atoms with Gasteiger partial charge in [0.05, 0.1) is 16.7 Å². The Kier molecular flexibility index (Phi) is 6.64. The third-order valence-electron chi connectivity index (χ3n) is 9.46. The van der Waals surface area contributed by atoms with Crippen molar-refractivity contribution in [1.29, 1.82) is 0 Å². The van der Waals surface area contributed by atoms with E-state index in [-0.39, 0.29) is 0 Å². The van der Waals surface area contributed by atoms with E-state index in [0.29, 0.717) is 17.5 Å². The lowest BCUT2D eigenvalue weighted by Gasteiger charge is -2.16. The van der Waals surface area contributed by atoms with Gasteiger partial charge in [-0.1, -0.05) is 127 Å². The van der Waals surface area contributed by atoms with Crippen LogP contribution in [0.2, 0.25) is 0 Å². The topological polar surface area (TPSA) is 43.6 Å². The maximum atomic E-state index is 5.19. The van der Waals surface area contributed by atoms with Crippen LogP contribution in [0.4, 0.5) is 0 Å². The van der Waals surface area contributed by atoms with Crippen LogP contribution in [0.5, 0.6) is 0 Å². The van der Waals surface area contributed by atoms with Crippen molar-refractivity contribution in [2.45, 2.75) is 0 Å². The van der Waals surface area contributed by atoms with Gasteiger partial charge in [-0.2, -0.15) is 0 Å². The molecule has 0 aliphatic heterocycles. The number of hydrogen-bond donors (Lipinski definition) is 0. The molecule has 0 amide bonds. The Morgan fingerprint density at radius 3 is 1.54 bits per heavy atom. The Morgan fingerprint density at radius 2 is 0.860 bits per heavy atom. The fourth-order valence-electron chi connectivity index (χ4n) is 7.12. The number of nitrogens with zero attached hydrogens (tertiary/aromatic N) is 4. The molecule has 0 saturated carbocycles. The molecule has 0 spiro atoms. The molecule has 234 valence electrons. The van der Waals surface area contributed by atoms with Crippen molar-refractivity contribution in [2.75, 3.05) is 0 Å². The zero-order valence-corrected chi connectivity index (χ0v) is 27.7. The molecule has 3 heterocycles. The molecule has 0 saturated heterocycles. The van der Waals surface area contributed by atoms with Crippen LogP contribution in [0.1, 0.15) is 0 Å². The molecule has 4 nitrogen and oxygen atoms in total. The average Bonchev–Trinajstić information content (AvgIpc) is 3.74. The minimum atomic E-state index is 0.630. The van der Waals surface area contributed by atoms with Crippen LogP contribution in [-0.4, -0.2) is 19.5 Å². The number of hydrogen-bond acceptors (Lipinski definition) is 4. The molecule has 3 aromatic heterocycles. The molecule has 10 aromatic rings. The molecule has 5 heteroatoms. The minimum Gasteiger partial charge on any atom is -0.309 e. The summed E-state index contributed by atoms with van der Waals surface area (Å²) < 4.78 is 4.91. The zero-order valence-electron chi connectivity index (χ0n) is 26.9. The van der Waals surface area contributed by atoms with Gasteiger partial charge < -0.3 is 4.57 Å². The van der Waals surface area contributed by atoms with Crippen molar-refractivity contribution in [3.8, 4) is 51.0 Å². The van der Waals surface area contributed by atoms with Crippen molar-refractivity contribution in [1.82, 2.24) is 19.5 Å². The van der Waals surface area contributed by atoms with Crippen LogP contribution in [0, 0.1) is 0 Å². The van der Waals surface area contributed by atoms with Gasteiger partial charge in [-0.05, 0) is 48.0 Å². The molecule has 0 bridgehead atoms. The first-order chi connectivity index (χ1) is 24.8. The van der Waals surface area contributed by atoms with Crippen molar-refractivity contribution in [3.05, 3.63) is 170 Å². The summed E-state index contributed by atoms with van der Waals surface area (Å²) in [5.41, 5.74) is 8.49. The molecule has 0 unspecified atom stereocenters. The molecule has 50 heavy (non-hydrogen) atoms. The van der Waals surface area contributed by atoms with Crippen LogP contribution >= 0.6 is 11.3 Å². The SMILES string of the molecule is c1ccc(-c2nc(-c3ccc(-c4ccccc4)c(-n4c5ccccc5c5ccccc54)c3)nc(-c3ccc4sc5ccccc5c4c3)n2)cc1. The van der Waals surface area contributed by atoms with E-state index in [2.05, 4.69) is 156 Å². The molecular weight excluding hydrogens is 629 g/mol. The van der Waals surface area contributed by atoms with Crippen LogP contribution in [0.25, 0.3) is 93.0 Å². The van der Waals surface area contributed by atoms with Gasteiger partial charge in [0.2, 0.25) is 0 Å². The summed E-state index contributed by atoms with van der Waals surface area (Å²) in [5.74, 6) is 1.92. The molecule has 0 N–H and O–H groups in total. The first-order valence-electron chi connectivity index (χ1n) is 16.7. The first kappa shape index (κ1) is 28.6. The summed E-state index contributed by atoms with van der Waals surface area (Å²) in [6.45, 7) is 0. The van der Waals surface area contributed by atoms with Crippen LogP contribution in [-0.2, 0) is 0 Å². The molecule has 0 radical (unpaired) electrons. The number of thiophene rings is 1. The van der Waals surface area contributed by atoms with E-state index in [1.54, 1.807) is 0 Å². The lowest BCUT2D eigenvalue weighted by molar-refractivity contribution is 1.07. The maximum Gasteiger partial charge on any atom is 0.164 e. The van der Waals surface area contributed by atoms with Gasteiger partial charge in [0.1, 0.15) is 0 Å². The molecule has 7 aromatic carbocycles. The second-order valence-electron chi connectivity index (χ2n) is 12.4. The molecule has 0 fully saturated rings. The summed E-state index contributed by atoms with van der Waals surface area (Å²) in [7, 11) is 0. The monoisotopic (exact) mass is 656 g/mol. The fourth-order valence-corrected chi connectivity index (χ4v) is 8.20. The standard InChI is InChI=1S/C45H28N4S/c1-3-13-29(14-4-1)33-25-23-32(28-40(33)49-38-20-10-7-17-34(38)35-18-8-11-21-39(35)49)45-47-43(30-15-5-2-6-16-30)46-44(48-45)31-24-26-42-37(27-31)36-19-9-12-22-41(36)50-42/h1-28H. The summed E-state index contributed by atoms with van der Waals surface area (Å²) in [6, 6.07) is 59.8. The predicted octanol–water partition coefficient (Wildman–Crippen LogP) is 12.0. The summed E-state index contributed by atoms with van der Waals surface area (Å²) >= 11 is 1.81. The van der Waals surface area contributed by atoms with Crippen LogP contribution < -0.4 is 0 Å². The highest BCUT2D eigenvalue weighted by molar-refractivity contribution is 7.25. The van der Waals surface area contributed by atoms with Gasteiger partial charge in [-0.25, -0.2) is 15.0 Å². The lowest BCUT2D eigenvalue weighted by Crippen LogP contribution is -2.02. The molecule has 0 aliphatic rings. The third kappa shape index (κ3) is 4.71. The predicted molar refractivity (Wildman–Crippen MR) is 209 cm³/mol. The van der Waals surface area contributed by atoms with E-state index in [1.807, 2.05) is 29.5 Å². The van der Waals surface area contributed by atoms with E-state index in [4.69, 9.17) is 15.0 Å². The second kappa shape index (κ2) is 11.6. The Labute approximate surface area is 292 Å². The summed E-state index contributed by atoms with van der Waals surface area (Å²) in [5, 5.41) is 4.90. The van der Waals surface area contributed by atoms with Gasteiger partial charge in [-0.3, -0.25) is 0 Å². The number of aromatic nitrogens is 4. The van der Waals surface area contributed by atoms with Gasteiger partial charge in [0.25, 0.3) is 0 Å². The van der Waals surface area contributed by atoms with Crippen molar-refractivity contribution in [3.63, 3.8) is 0 Å². The number of rotatable bonds is 5. The Bertz CT molecular complexity index is 2820. The van der Waals surface area contributed by atoms with Crippen molar-refractivity contribution < 1.29 is 0 Å². The highest BCUT2D eigenvalue weighted by atomic mass is 32.1. The largest absolute Gasteiger partial charge is 0.309 e. The van der Waals surface area contributed by atoms with Gasteiger partial charge in [0, 0.05) is 53.2 Å². The quantitative estimate of drug-likeness (QED) is 0.185. The molecule has 0 aliphatic carbocycles. The Morgan fingerprint density at radius 1 is 0.360 bits per heavy atom. The molecule has 0 atom stereocenters. The van der Waals surface area contributed by atoms with Crippen LogP contribution in [0.15, 0.2) is 170 Å². The number of para-hydroxylation sites is 2. The van der Waals surface area contributed by atoms with E-state index >= 15 is 0 Å². The summed E-state index contributed by atoms with van der Waals surface area (Å²) in [6.07, 6.45) is 0. The minimum absolute atomic E-state index is 0.630. The van der Waals surface area contributed by atoms with Gasteiger partial charge in [-0.15, -0.1) is 11.3 Å². The first-order valence-corrected chi connectivity index (χ1v) is 17.5. The highest BCUT2D eigenvalue weighted by Gasteiger charge is 2.19. The lowest BCUT2D eigenvalue weighted by atomic mass is 10.0. The van der Waals surface area contributed by atoms with Crippen molar-refractivity contribution in [2.24, 2.45) is 0 Å².